The number of rotatable bonds is 5. The smallest absolute Gasteiger partial charge is 0.293 e. The van der Waals surface area contributed by atoms with Crippen LogP contribution in [0.3, 0.4) is 0 Å². The van der Waals surface area contributed by atoms with Crippen LogP contribution in [0.2, 0.25) is 0 Å². The van der Waals surface area contributed by atoms with Crippen molar-refractivity contribution in [3.8, 4) is 11.3 Å². The van der Waals surface area contributed by atoms with Crippen molar-refractivity contribution in [2.75, 3.05) is 31.1 Å². The molecule has 1 aliphatic rings. The van der Waals surface area contributed by atoms with Crippen LogP contribution in [0.15, 0.2) is 30.7 Å². The average molecular weight is 436 g/mol. The minimum Gasteiger partial charge on any atom is -0.366 e. The van der Waals surface area contributed by atoms with Crippen LogP contribution in [0.4, 0.5) is 5.69 Å². The Morgan fingerprint density at radius 3 is 2.69 bits per heavy atom. The van der Waals surface area contributed by atoms with Gasteiger partial charge in [-0.15, -0.1) is 10.2 Å². The topological polar surface area (TPSA) is 114 Å². The summed E-state index contributed by atoms with van der Waals surface area (Å²) in [5.41, 5.74) is 4.75. The van der Waals surface area contributed by atoms with Crippen molar-refractivity contribution >= 4 is 11.6 Å². The monoisotopic (exact) mass is 435 g/mol. The van der Waals surface area contributed by atoms with Crippen molar-refractivity contribution in [3.63, 3.8) is 0 Å². The molecular formula is C22H29N9O. The molecule has 168 valence electrons. The molecule has 1 amide bonds. The predicted octanol–water partition coefficient (Wildman–Crippen LogP) is 1.53. The predicted molar refractivity (Wildman–Crippen MR) is 121 cm³/mol. The molecule has 3 aromatic rings. The number of tetrazole rings is 1. The molecule has 0 spiro atoms. The zero-order valence-electron chi connectivity index (χ0n) is 19.0. The van der Waals surface area contributed by atoms with Gasteiger partial charge in [0.1, 0.15) is 6.33 Å². The Morgan fingerprint density at radius 2 is 2.00 bits per heavy atom. The third-order valence-electron chi connectivity index (χ3n) is 5.42. The first-order valence-electron chi connectivity index (χ1n) is 10.8. The van der Waals surface area contributed by atoms with Crippen molar-refractivity contribution in [2.24, 2.45) is 0 Å². The average Bonchev–Trinajstić information content (AvgIpc) is 3.30. The number of hydrogen-bond acceptors (Lipinski definition) is 8. The highest BCUT2D eigenvalue weighted by Gasteiger charge is 2.21. The van der Waals surface area contributed by atoms with E-state index in [1.807, 2.05) is 46.0 Å². The van der Waals surface area contributed by atoms with Crippen molar-refractivity contribution in [2.45, 2.75) is 39.8 Å². The Labute approximate surface area is 187 Å². The quantitative estimate of drug-likeness (QED) is 0.620. The van der Waals surface area contributed by atoms with Crippen molar-refractivity contribution < 1.29 is 4.79 Å². The van der Waals surface area contributed by atoms with E-state index >= 15 is 0 Å². The van der Waals surface area contributed by atoms with Gasteiger partial charge in [0.25, 0.3) is 11.7 Å². The van der Waals surface area contributed by atoms with Gasteiger partial charge in [0, 0.05) is 38.3 Å². The van der Waals surface area contributed by atoms with Crippen LogP contribution in [0, 0.1) is 6.92 Å². The molecule has 1 fully saturated rings. The SMILES string of the molecule is Cc1cc(-c2ncncc2N2CCNCC2)ccc1CNC(=O)c1nnn(C(C)(C)C)n1. The molecule has 1 aliphatic heterocycles. The maximum Gasteiger partial charge on any atom is 0.293 e. The van der Waals surface area contributed by atoms with Crippen LogP contribution in [0.5, 0.6) is 0 Å². The first-order chi connectivity index (χ1) is 15.3. The molecule has 32 heavy (non-hydrogen) atoms. The van der Waals surface area contributed by atoms with Gasteiger partial charge in [0.05, 0.1) is 23.1 Å². The lowest BCUT2D eigenvalue weighted by Gasteiger charge is -2.30. The van der Waals surface area contributed by atoms with E-state index in [2.05, 4.69) is 47.0 Å². The summed E-state index contributed by atoms with van der Waals surface area (Å²) in [6, 6.07) is 6.16. The summed E-state index contributed by atoms with van der Waals surface area (Å²) >= 11 is 0. The summed E-state index contributed by atoms with van der Waals surface area (Å²) < 4.78 is 0. The Kier molecular flexibility index (Phi) is 6.13. The molecule has 3 heterocycles. The zero-order chi connectivity index (χ0) is 22.7. The van der Waals surface area contributed by atoms with Crippen LogP contribution < -0.4 is 15.5 Å². The number of piperazine rings is 1. The fourth-order valence-corrected chi connectivity index (χ4v) is 3.57. The highest BCUT2D eigenvalue weighted by Crippen LogP contribution is 2.29. The second-order valence-corrected chi connectivity index (χ2v) is 8.89. The molecule has 2 N–H and O–H groups in total. The first kappa shape index (κ1) is 21.8. The number of benzene rings is 1. The Hall–Kier alpha value is -3.40. The molecule has 2 aromatic heterocycles. The maximum atomic E-state index is 12.5. The lowest BCUT2D eigenvalue weighted by Crippen LogP contribution is -2.43. The van der Waals surface area contributed by atoms with Crippen molar-refractivity contribution in [3.05, 3.63) is 47.7 Å². The second kappa shape index (κ2) is 8.99. The molecule has 0 radical (unpaired) electrons. The summed E-state index contributed by atoms with van der Waals surface area (Å²) in [5.74, 6) is -0.281. The number of nitrogens with one attached hydrogen (secondary N) is 2. The number of carbonyl (C=O) groups is 1. The summed E-state index contributed by atoms with van der Waals surface area (Å²) in [5, 5.41) is 18.3. The molecule has 1 saturated heterocycles. The van der Waals surface area contributed by atoms with Gasteiger partial charge in [-0.2, -0.15) is 4.80 Å². The highest BCUT2D eigenvalue weighted by molar-refractivity contribution is 5.90. The molecule has 10 heteroatoms. The molecule has 0 aliphatic carbocycles. The fraction of sp³-hybridized carbons (Fsp3) is 0.455. The zero-order valence-corrected chi connectivity index (χ0v) is 19.0. The van der Waals surface area contributed by atoms with E-state index in [9.17, 15) is 4.79 Å². The van der Waals surface area contributed by atoms with Gasteiger partial charge in [-0.25, -0.2) is 9.97 Å². The third kappa shape index (κ3) is 4.75. The number of carbonyl (C=O) groups excluding carboxylic acids is 1. The molecule has 0 atom stereocenters. The summed E-state index contributed by atoms with van der Waals surface area (Å²) in [6.45, 7) is 12.0. The van der Waals surface area contributed by atoms with Gasteiger partial charge >= 0.3 is 0 Å². The minimum absolute atomic E-state index is 0.0656. The van der Waals surface area contributed by atoms with E-state index < -0.39 is 0 Å². The standard InChI is InChI=1S/C22H29N9O/c1-15-11-16(19-18(13-24-14-26-19)30-9-7-23-8-10-30)5-6-17(15)12-25-21(32)20-27-29-31(28-20)22(2,3)4/h5-6,11,13-14,23H,7-10,12H2,1-4H3,(H,25,32). The van der Waals surface area contributed by atoms with Crippen molar-refractivity contribution in [1.82, 2.24) is 40.8 Å². The molecule has 0 saturated carbocycles. The van der Waals surface area contributed by atoms with Crippen molar-refractivity contribution in [1.29, 1.82) is 0 Å². The van der Waals surface area contributed by atoms with Crippen LogP contribution in [-0.4, -0.2) is 62.3 Å². The summed E-state index contributed by atoms with van der Waals surface area (Å²) in [4.78, 5) is 25.0. The molecule has 10 nitrogen and oxygen atoms in total. The molecule has 1 aromatic carbocycles. The van der Waals surface area contributed by atoms with Gasteiger partial charge in [0.15, 0.2) is 0 Å². The van der Waals surface area contributed by atoms with Gasteiger partial charge in [-0.05, 0) is 50.1 Å². The third-order valence-corrected chi connectivity index (χ3v) is 5.42. The van der Waals surface area contributed by atoms with Gasteiger partial charge in [-0.3, -0.25) is 4.79 Å². The number of aryl methyl sites for hydroxylation is 1. The van der Waals surface area contributed by atoms with Crippen LogP contribution in [0.1, 0.15) is 42.5 Å². The van der Waals surface area contributed by atoms with Crippen LogP contribution >= 0.6 is 0 Å². The first-order valence-corrected chi connectivity index (χ1v) is 10.8. The lowest BCUT2D eigenvalue weighted by molar-refractivity contribution is 0.0939. The largest absolute Gasteiger partial charge is 0.366 e. The Balaban J connectivity index is 1.47. The van der Waals surface area contributed by atoms with E-state index in [1.54, 1.807) is 6.33 Å². The van der Waals surface area contributed by atoms with E-state index in [4.69, 9.17) is 0 Å². The van der Waals surface area contributed by atoms with E-state index in [-0.39, 0.29) is 17.3 Å². The number of aromatic nitrogens is 6. The maximum absolute atomic E-state index is 12.5. The highest BCUT2D eigenvalue weighted by atomic mass is 16.2. The lowest BCUT2D eigenvalue weighted by atomic mass is 10.0. The van der Waals surface area contributed by atoms with E-state index in [0.29, 0.717) is 6.54 Å². The normalized spacial score (nSPS) is 14.4. The summed E-state index contributed by atoms with van der Waals surface area (Å²) in [6.07, 6.45) is 3.47. The van der Waals surface area contributed by atoms with E-state index in [0.717, 1.165) is 54.3 Å². The second-order valence-electron chi connectivity index (χ2n) is 8.89. The number of anilines is 1. The Bertz CT molecular complexity index is 1100. The Morgan fingerprint density at radius 1 is 1.22 bits per heavy atom. The molecular weight excluding hydrogens is 406 g/mol. The number of amides is 1. The molecule has 0 bridgehead atoms. The van der Waals surface area contributed by atoms with Crippen LogP contribution in [-0.2, 0) is 12.1 Å². The molecule has 0 unspecified atom stereocenters. The minimum atomic E-state index is -0.347. The van der Waals surface area contributed by atoms with Gasteiger partial charge in [-0.1, -0.05) is 12.1 Å². The van der Waals surface area contributed by atoms with Gasteiger partial charge < -0.3 is 15.5 Å². The summed E-state index contributed by atoms with van der Waals surface area (Å²) in [7, 11) is 0. The van der Waals surface area contributed by atoms with Crippen LogP contribution in [0.25, 0.3) is 11.3 Å². The number of nitrogens with zero attached hydrogens (tertiary/aromatic N) is 7. The van der Waals surface area contributed by atoms with E-state index in [1.165, 1.54) is 4.80 Å². The van der Waals surface area contributed by atoms with Gasteiger partial charge in [0.2, 0.25) is 0 Å². The fourth-order valence-electron chi connectivity index (χ4n) is 3.57. The number of hydrogen-bond donors (Lipinski definition) is 2. The molecule has 4 rings (SSSR count).